The van der Waals surface area contributed by atoms with Gasteiger partial charge in [0.2, 0.25) is 11.8 Å². The molecule has 0 saturated heterocycles. The number of aliphatic carboxylic acids is 1. The van der Waals surface area contributed by atoms with Crippen LogP contribution >= 0.6 is 0 Å². The second-order valence-electron chi connectivity index (χ2n) is 6.25. The Morgan fingerprint density at radius 2 is 1.88 bits per heavy atom. The quantitative estimate of drug-likeness (QED) is 0.602. The fourth-order valence-electron chi connectivity index (χ4n) is 2.50. The molecular formula is C18H24N2O4. The molecule has 24 heavy (non-hydrogen) atoms. The Labute approximate surface area is 141 Å². The zero-order valence-corrected chi connectivity index (χ0v) is 13.8. The van der Waals surface area contributed by atoms with E-state index >= 15 is 0 Å². The number of carbonyl (C=O) groups is 3. The Balaban J connectivity index is 1.82. The van der Waals surface area contributed by atoms with E-state index in [-0.39, 0.29) is 24.2 Å². The van der Waals surface area contributed by atoms with Crippen molar-refractivity contribution in [2.45, 2.75) is 38.6 Å². The second kappa shape index (κ2) is 8.47. The largest absolute Gasteiger partial charge is 0.481 e. The molecule has 0 aliphatic heterocycles. The average Bonchev–Trinajstić information content (AvgIpc) is 3.41. The smallest absolute Gasteiger partial charge is 0.308 e. The van der Waals surface area contributed by atoms with Crippen LogP contribution < -0.4 is 10.6 Å². The highest BCUT2D eigenvalue weighted by molar-refractivity contribution is 5.81. The number of rotatable bonds is 9. The highest BCUT2D eigenvalue weighted by atomic mass is 16.4. The Bertz CT molecular complexity index is 584. The second-order valence-corrected chi connectivity index (χ2v) is 6.25. The lowest BCUT2D eigenvalue weighted by Crippen LogP contribution is -2.36. The maximum absolute atomic E-state index is 12.1. The fraction of sp³-hybridized carbons (Fsp3) is 0.500. The minimum Gasteiger partial charge on any atom is -0.481 e. The third-order valence-corrected chi connectivity index (χ3v) is 4.19. The molecule has 0 spiro atoms. The molecule has 0 radical (unpaired) electrons. The van der Waals surface area contributed by atoms with Gasteiger partial charge in [0.1, 0.15) is 0 Å². The number of carboxylic acids is 1. The first-order valence-electron chi connectivity index (χ1n) is 8.34. The van der Waals surface area contributed by atoms with Gasteiger partial charge in [-0.05, 0) is 31.7 Å². The van der Waals surface area contributed by atoms with Gasteiger partial charge in [-0.3, -0.25) is 14.4 Å². The molecular weight excluding hydrogens is 308 g/mol. The van der Waals surface area contributed by atoms with E-state index in [1.54, 1.807) is 19.1 Å². The normalized spacial score (nSPS) is 16.0. The molecule has 1 saturated carbocycles. The standard InChI is InChI=1S/C18H24N2O4/c1-12(18(23)24)16(13-6-3-2-4-7-13)20-15(21)8-5-11-19-17(22)14-9-10-14/h2-4,6-7,12,14,16H,5,8-11H2,1H3,(H,19,22)(H,20,21)(H,23,24). The van der Waals surface area contributed by atoms with E-state index in [1.165, 1.54) is 0 Å². The molecule has 1 fully saturated rings. The number of nitrogens with one attached hydrogen (secondary N) is 2. The monoisotopic (exact) mass is 332 g/mol. The number of carbonyl (C=O) groups excluding carboxylic acids is 2. The first-order valence-corrected chi connectivity index (χ1v) is 8.34. The summed E-state index contributed by atoms with van der Waals surface area (Å²) in [4.78, 5) is 34.9. The lowest BCUT2D eigenvalue weighted by molar-refractivity contribution is -0.142. The molecule has 1 aliphatic carbocycles. The van der Waals surface area contributed by atoms with E-state index in [4.69, 9.17) is 0 Å². The van der Waals surface area contributed by atoms with Crippen LogP contribution in [-0.2, 0) is 14.4 Å². The third-order valence-electron chi connectivity index (χ3n) is 4.19. The van der Waals surface area contributed by atoms with Gasteiger partial charge in [0, 0.05) is 18.9 Å². The predicted molar refractivity (Wildman–Crippen MR) is 89.1 cm³/mol. The molecule has 2 amide bonds. The summed E-state index contributed by atoms with van der Waals surface area (Å²) in [5.41, 5.74) is 0.766. The van der Waals surface area contributed by atoms with Crippen LogP contribution in [0.2, 0.25) is 0 Å². The lowest BCUT2D eigenvalue weighted by atomic mass is 9.94. The van der Waals surface area contributed by atoms with Crippen LogP contribution in [0.15, 0.2) is 30.3 Å². The van der Waals surface area contributed by atoms with Gasteiger partial charge in [-0.15, -0.1) is 0 Å². The van der Waals surface area contributed by atoms with Crippen molar-refractivity contribution in [3.63, 3.8) is 0 Å². The summed E-state index contributed by atoms with van der Waals surface area (Å²) in [7, 11) is 0. The Hall–Kier alpha value is -2.37. The number of amides is 2. The van der Waals surface area contributed by atoms with E-state index < -0.39 is 17.9 Å². The van der Waals surface area contributed by atoms with Crippen molar-refractivity contribution in [2.75, 3.05) is 6.54 Å². The number of benzene rings is 1. The molecule has 1 aromatic rings. The molecule has 130 valence electrons. The van der Waals surface area contributed by atoms with E-state index in [2.05, 4.69) is 10.6 Å². The lowest BCUT2D eigenvalue weighted by Gasteiger charge is -2.23. The van der Waals surface area contributed by atoms with E-state index in [9.17, 15) is 19.5 Å². The van der Waals surface area contributed by atoms with Gasteiger partial charge in [0.05, 0.1) is 12.0 Å². The van der Waals surface area contributed by atoms with Crippen molar-refractivity contribution in [2.24, 2.45) is 11.8 Å². The van der Waals surface area contributed by atoms with Crippen molar-refractivity contribution in [3.05, 3.63) is 35.9 Å². The third kappa shape index (κ3) is 5.37. The zero-order chi connectivity index (χ0) is 17.5. The van der Waals surface area contributed by atoms with E-state index in [0.717, 1.165) is 18.4 Å². The maximum atomic E-state index is 12.1. The van der Waals surface area contributed by atoms with Crippen LogP contribution in [0.4, 0.5) is 0 Å². The van der Waals surface area contributed by atoms with Crippen molar-refractivity contribution < 1.29 is 19.5 Å². The van der Waals surface area contributed by atoms with Crippen molar-refractivity contribution in [1.82, 2.24) is 10.6 Å². The molecule has 2 atom stereocenters. The van der Waals surface area contributed by atoms with E-state index in [0.29, 0.717) is 13.0 Å². The molecule has 1 aliphatic rings. The maximum Gasteiger partial charge on any atom is 0.308 e. The Morgan fingerprint density at radius 1 is 1.21 bits per heavy atom. The van der Waals surface area contributed by atoms with Crippen LogP contribution in [0.3, 0.4) is 0 Å². The van der Waals surface area contributed by atoms with Crippen LogP contribution in [0.5, 0.6) is 0 Å². The van der Waals surface area contributed by atoms with Crippen LogP contribution in [0.1, 0.15) is 44.2 Å². The van der Waals surface area contributed by atoms with Crippen molar-refractivity contribution in [3.8, 4) is 0 Å². The molecule has 3 N–H and O–H groups in total. The summed E-state index contributed by atoms with van der Waals surface area (Å²) in [5.74, 6) is -1.67. The molecule has 2 unspecified atom stereocenters. The molecule has 0 aromatic heterocycles. The highest BCUT2D eigenvalue weighted by Crippen LogP contribution is 2.28. The average molecular weight is 332 g/mol. The zero-order valence-electron chi connectivity index (χ0n) is 13.8. The molecule has 6 heteroatoms. The van der Waals surface area contributed by atoms with Crippen molar-refractivity contribution in [1.29, 1.82) is 0 Å². The summed E-state index contributed by atoms with van der Waals surface area (Å²) in [6.07, 6.45) is 2.70. The molecule has 1 aromatic carbocycles. The number of carboxylic acid groups (broad SMARTS) is 1. The van der Waals surface area contributed by atoms with Crippen LogP contribution in [-0.4, -0.2) is 29.4 Å². The predicted octanol–water partition coefficient (Wildman–Crippen LogP) is 1.87. The van der Waals surface area contributed by atoms with Gasteiger partial charge in [-0.25, -0.2) is 0 Å². The highest BCUT2D eigenvalue weighted by Gasteiger charge is 2.29. The first-order chi connectivity index (χ1) is 11.5. The number of hydrogen-bond acceptors (Lipinski definition) is 3. The van der Waals surface area contributed by atoms with Gasteiger partial charge in [0.25, 0.3) is 0 Å². The molecule has 2 rings (SSSR count). The Kier molecular flexibility index (Phi) is 6.35. The number of hydrogen-bond donors (Lipinski definition) is 3. The minimum absolute atomic E-state index is 0.0667. The summed E-state index contributed by atoms with van der Waals surface area (Å²) < 4.78 is 0. The molecule has 6 nitrogen and oxygen atoms in total. The summed E-state index contributed by atoms with van der Waals surface area (Å²) in [6, 6.07) is 8.52. The van der Waals surface area contributed by atoms with Gasteiger partial charge < -0.3 is 15.7 Å². The minimum atomic E-state index is -0.958. The van der Waals surface area contributed by atoms with Gasteiger partial charge in [-0.2, -0.15) is 0 Å². The first kappa shape index (κ1) is 18.0. The van der Waals surface area contributed by atoms with Gasteiger partial charge >= 0.3 is 5.97 Å². The summed E-state index contributed by atoms with van der Waals surface area (Å²) >= 11 is 0. The summed E-state index contributed by atoms with van der Waals surface area (Å²) in [6.45, 7) is 2.05. The van der Waals surface area contributed by atoms with Gasteiger partial charge in [0.15, 0.2) is 0 Å². The van der Waals surface area contributed by atoms with Crippen molar-refractivity contribution >= 4 is 17.8 Å². The van der Waals surface area contributed by atoms with Crippen LogP contribution in [0.25, 0.3) is 0 Å². The topological polar surface area (TPSA) is 95.5 Å². The SMILES string of the molecule is CC(C(=O)O)C(NC(=O)CCCNC(=O)C1CC1)c1ccccc1. The fourth-order valence-corrected chi connectivity index (χ4v) is 2.50. The molecule has 0 heterocycles. The molecule has 0 bridgehead atoms. The van der Waals surface area contributed by atoms with Crippen LogP contribution in [0, 0.1) is 11.8 Å². The van der Waals surface area contributed by atoms with E-state index in [1.807, 2.05) is 18.2 Å². The van der Waals surface area contributed by atoms with Gasteiger partial charge in [-0.1, -0.05) is 30.3 Å². The Morgan fingerprint density at radius 3 is 2.46 bits per heavy atom. The summed E-state index contributed by atoms with van der Waals surface area (Å²) in [5, 5.41) is 14.9.